The molecule has 0 saturated carbocycles. The van der Waals surface area contributed by atoms with E-state index in [0.717, 1.165) is 5.56 Å². The summed E-state index contributed by atoms with van der Waals surface area (Å²) in [7, 11) is 3.09. The van der Waals surface area contributed by atoms with E-state index in [9.17, 15) is 19.2 Å². The van der Waals surface area contributed by atoms with Crippen molar-refractivity contribution in [3.63, 3.8) is 0 Å². The van der Waals surface area contributed by atoms with Crippen molar-refractivity contribution in [3.8, 4) is 5.75 Å². The highest BCUT2D eigenvalue weighted by Crippen LogP contribution is 2.23. The molecule has 0 unspecified atom stereocenters. The van der Waals surface area contributed by atoms with Gasteiger partial charge in [-0.05, 0) is 43.2 Å². The normalized spacial score (nSPS) is 13.5. The van der Waals surface area contributed by atoms with Crippen LogP contribution < -0.4 is 10.1 Å². The first-order valence-corrected chi connectivity index (χ1v) is 10.5. The lowest BCUT2D eigenvalue weighted by Crippen LogP contribution is -2.46. The lowest BCUT2D eigenvalue weighted by atomic mass is 10.1. The highest BCUT2D eigenvalue weighted by molar-refractivity contribution is 6.21. The minimum Gasteiger partial charge on any atom is -0.497 e. The lowest BCUT2D eigenvalue weighted by Gasteiger charge is -2.28. The molecule has 32 heavy (non-hydrogen) atoms. The molecule has 1 aliphatic heterocycles. The average Bonchev–Trinajstić information content (AvgIpc) is 3.06. The second kappa shape index (κ2) is 10.1. The van der Waals surface area contributed by atoms with Crippen LogP contribution >= 0.6 is 0 Å². The van der Waals surface area contributed by atoms with Crippen LogP contribution in [-0.4, -0.2) is 60.2 Å². The summed E-state index contributed by atoms with van der Waals surface area (Å²) in [5.74, 6) is -0.537. The van der Waals surface area contributed by atoms with Crippen molar-refractivity contribution >= 4 is 23.6 Å². The smallest absolute Gasteiger partial charge is 0.261 e. The zero-order chi connectivity index (χ0) is 23.3. The van der Waals surface area contributed by atoms with Gasteiger partial charge < -0.3 is 15.0 Å². The summed E-state index contributed by atoms with van der Waals surface area (Å²) >= 11 is 0. The summed E-state index contributed by atoms with van der Waals surface area (Å²) < 4.78 is 5.24. The van der Waals surface area contributed by atoms with Crippen molar-refractivity contribution in [1.29, 1.82) is 0 Å². The zero-order valence-corrected chi connectivity index (χ0v) is 18.5. The molecule has 0 aliphatic carbocycles. The maximum absolute atomic E-state index is 13.0. The third-order valence-corrected chi connectivity index (χ3v) is 5.55. The first kappa shape index (κ1) is 23.0. The van der Waals surface area contributed by atoms with Crippen LogP contribution in [0.15, 0.2) is 48.5 Å². The number of fused-ring (bicyclic) bond motifs is 1. The molecule has 2 aromatic rings. The SMILES string of the molecule is CNC(=O)[C@H](C)N(Cc1cccc(OC)c1)C(=O)CCCN1C(=O)c2ccccc2C1=O. The molecule has 4 amide bonds. The van der Waals surface area contributed by atoms with E-state index in [1.807, 2.05) is 18.2 Å². The van der Waals surface area contributed by atoms with Gasteiger partial charge in [0.15, 0.2) is 0 Å². The van der Waals surface area contributed by atoms with Crippen LogP contribution in [0.2, 0.25) is 0 Å². The molecule has 3 rings (SSSR count). The number of amides is 4. The summed E-state index contributed by atoms with van der Waals surface area (Å²) in [5.41, 5.74) is 1.60. The molecule has 168 valence electrons. The van der Waals surface area contributed by atoms with Crippen molar-refractivity contribution in [2.75, 3.05) is 20.7 Å². The number of carbonyl (C=O) groups is 4. The number of methoxy groups -OCH3 is 1. The molecule has 0 bridgehead atoms. The molecule has 1 aliphatic rings. The van der Waals surface area contributed by atoms with Crippen LogP contribution in [0.25, 0.3) is 0 Å². The topological polar surface area (TPSA) is 96.0 Å². The molecule has 0 fully saturated rings. The molecule has 1 atom stereocenters. The molecular formula is C24H27N3O5. The highest BCUT2D eigenvalue weighted by Gasteiger charge is 2.35. The Kier molecular flexibility index (Phi) is 7.25. The van der Waals surface area contributed by atoms with E-state index in [4.69, 9.17) is 4.74 Å². The minimum atomic E-state index is -0.682. The fourth-order valence-corrected chi connectivity index (χ4v) is 3.73. The minimum absolute atomic E-state index is 0.0959. The van der Waals surface area contributed by atoms with Gasteiger partial charge in [-0.25, -0.2) is 0 Å². The molecule has 0 saturated heterocycles. The number of carbonyl (C=O) groups excluding carboxylic acids is 4. The predicted octanol–water partition coefficient (Wildman–Crippen LogP) is 2.23. The van der Waals surface area contributed by atoms with Crippen molar-refractivity contribution in [2.45, 2.75) is 32.4 Å². The number of hydrogen-bond acceptors (Lipinski definition) is 5. The summed E-state index contributed by atoms with van der Waals surface area (Å²) in [5, 5.41) is 2.58. The van der Waals surface area contributed by atoms with E-state index in [1.54, 1.807) is 44.4 Å². The van der Waals surface area contributed by atoms with Crippen LogP contribution in [-0.2, 0) is 16.1 Å². The molecular weight excluding hydrogens is 410 g/mol. The molecule has 0 aromatic heterocycles. The van der Waals surface area contributed by atoms with Crippen molar-refractivity contribution in [1.82, 2.24) is 15.1 Å². The van der Waals surface area contributed by atoms with Gasteiger partial charge in [-0.3, -0.25) is 24.1 Å². The monoisotopic (exact) mass is 437 g/mol. The molecule has 0 spiro atoms. The summed E-state index contributed by atoms with van der Waals surface area (Å²) in [6.45, 7) is 2.04. The summed E-state index contributed by atoms with van der Waals surface area (Å²) in [6, 6.07) is 13.3. The van der Waals surface area contributed by atoms with Crippen molar-refractivity contribution in [2.24, 2.45) is 0 Å². The quantitative estimate of drug-likeness (QED) is 0.607. The predicted molar refractivity (Wildman–Crippen MR) is 118 cm³/mol. The van der Waals surface area contributed by atoms with Crippen LogP contribution in [0, 0.1) is 0 Å². The molecule has 1 N–H and O–H groups in total. The maximum atomic E-state index is 13.0. The number of likely N-dealkylation sites (N-methyl/N-ethyl adjacent to an activating group) is 1. The van der Waals surface area contributed by atoms with Gasteiger partial charge >= 0.3 is 0 Å². The van der Waals surface area contributed by atoms with Gasteiger partial charge in [-0.15, -0.1) is 0 Å². The van der Waals surface area contributed by atoms with E-state index in [0.29, 0.717) is 23.3 Å². The second-order valence-electron chi connectivity index (χ2n) is 7.57. The summed E-state index contributed by atoms with van der Waals surface area (Å²) in [4.78, 5) is 53.0. The number of hydrogen-bond donors (Lipinski definition) is 1. The summed E-state index contributed by atoms with van der Waals surface area (Å²) in [6.07, 6.45) is 0.401. The largest absolute Gasteiger partial charge is 0.497 e. The number of benzene rings is 2. The number of nitrogens with zero attached hydrogens (tertiary/aromatic N) is 2. The molecule has 1 heterocycles. The van der Waals surface area contributed by atoms with Gasteiger partial charge in [0.25, 0.3) is 11.8 Å². The van der Waals surface area contributed by atoms with E-state index >= 15 is 0 Å². The van der Waals surface area contributed by atoms with Crippen molar-refractivity contribution < 1.29 is 23.9 Å². The van der Waals surface area contributed by atoms with Gasteiger partial charge in [-0.1, -0.05) is 24.3 Å². The Labute approximate surface area is 187 Å². The van der Waals surface area contributed by atoms with Crippen LogP contribution in [0.1, 0.15) is 46.0 Å². The van der Waals surface area contributed by atoms with E-state index in [-0.39, 0.29) is 43.1 Å². The Morgan fingerprint density at radius 1 is 1.06 bits per heavy atom. The first-order chi connectivity index (χ1) is 15.4. The number of nitrogens with one attached hydrogen (secondary N) is 1. The van der Waals surface area contributed by atoms with Gasteiger partial charge in [-0.2, -0.15) is 0 Å². The van der Waals surface area contributed by atoms with Crippen LogP contribution in [0.3, 0.4) is 0 Å². The Morgan fingerprint density at radius 2 is 1.72 bits per heavy atom. The maximum Gasteiger partial charge on any atom is 0.261 e. The van der Waals surface area contributed by atoms with E-state index < -0.39 is 6.04 Å². The van der Waals surface area contributed by atoms with Crippen molar-refractivity contribution in [3.05, 3.63) is 65.2 Å². The fraction of sp³-hybridized carbons (Fsp3) is 0.333. The number of rotatable bonds is 9. The Hall–Kier alpha value is -3.68. The second-order valence-corrected chi connectivity index (χ2v) is 7.57. The highest BCUT2D eigenvalue weighted by atomic mass is 16.5. The van der Waals surface area contributed by atoms with Gasteiger partial charge in [0.2, 0.25) is 11.8 Å². The number of ether oxygens (including phenoxy) is 1. The number of imide groups is 1. The fourth-order valence-electron chi connectivity index (χ4n) is 3.73. The zero-order valence-electron chi connectivity index (χ0n) is 18.5. The van der Waals surface area contributed by atoms with Gasteiger partial charge in [0.1, 0.15) is 11.8 Å². The lowest BCUT2D eigenvalue weighted by molar-refractivity contribution is -0.140. The first-order valence-electron chi connectivity index (χ1n) is 10.5. The molecule has 0 radical (unpaired) electrons. The molecule has 8 heteroatoms. The van der Waals surface area contributed by atoms with Gasteiger partial charge in [0, 0.05) is 26.6 Å². The average molecular weight is 437 g/mol. The molecule has 8 nitrogen and oxygen atoms in total. The van der Waals surface area contributed by atoms with Gasteiger partial charge in [0.05, 0.1) is 18.2 Å². The van der Waals surface area contributed by atoms with E-state index in [2.05, 4.69) is 5.32 Å². The third kappa shape index (κ3) is 4.80. The van der Waals surface area contributed by atoms with Crippen LogP contribution in [0.5, 0.6) is 5.75 Å². The van der Waals surface area contributed by atoms with Crippen LogP contribution in [0.4, 0.5) is 0 Å². The Morgan fingerprint density at radius 3 is 2.31 bits per heavy atom. The Bertz CT molecular complexity index is 1000. The molecule has 2 aromatic carbocycles. The Balaban J connectivity index is 1.66. The van der Waals surface area contributed by atoms with E-state index in [1.165, 1.54) is 16.8 Å². The third-order valence-electron chi connectivity index (χ3n) is 5.55. The standard InChI is InChI=1S/C24H27N3O5/c1-16(22(29)25-2)27(15-17-8-6-9-18(14-17)32-3)21(28)12-7-13-26-23(30)19-10-4-5-11-20(19)24(26)31/h4-6,8-11,14,16H,7,12-13,15H2,1-3H3,(H,25,29)/t16-/m0/s1.